The molecular weight excluding hydrogens is 528 g/mol. The maximum absolute atomic E-state index is 10.8. The molecule has 5 N–H and O–H groups in total. The number of aliphatic hydroxyl groups is 2. The summed E-state index contributed by atoms with van der Waals surface area (Å²) in [5.41, 5.74) is 12.7. The molecule has 0 aliphatic carbocycles. The second kappa shape index (κ2) is 13.6. The molecule has 42 heavy (non-hydrogen) atoms. The predicted molar refractivity (Wildman–Crippen MR) is 163 cm³/mol. The third kappa shape index (κ3) is 6.90. The van der Waals surface area contributed by atoms with Gasteiger partial charge >= 0.3 is 0 Å². The van der Waals surface area contributed by atoms with Crippen LogP contribution in [0.2, 0.25) is 0 Å². The van der Waals surface area contributed by atoms with Gasteiger partial charge in [-0.25, -0.2) is 0 Å². The number of aliphatic hydroxyl groups excluding tert-OH is 2. The number of hydrogen-bond acceptors (Lipinski definition) is 7. The summed E-state index contributed by atoms with van der Waals surface area (Å²) in [7, 11) is 1.96. The first-order valence-corrected chi connectivity index (χ1v) is 14.4. The van der Waals surface area contributed by atoms with Crippen LogP contribution in [0.25, 0.3) is 11.1 Å². The summed E-state index contributed by atoms with van der Waals surface area (Å²) in [6.07, 6.45) is -1.76. The first-order chi connectivity index (χ1) is 20.4. The smallest absolute Gasteiger partial charge is 0.184 e. The van der Waals surface area contributed by atoms with E-state index in [0.29, 0.717) is 25.2 Å². The molecule has 0 spiro atoms. The van der Waals surface area contributed by atoms with E-state index in [0.717, 1.165) is 33.4 Å². The molecule has 0 aromatic heterocycles. The first kappa shape index (κ1) is 29.9. The lowest BCUT2D eigenvalue weighted by Crippen LogP contribution is -2.44. The Morgan fingerprint density at radius 2 is 1.60 bits per heavy atom. The Labute approximate surface area is 247 Å². The minimum absolute atomic E-state index is 0.0114. The molecule has 1 aliphatic rings. The van der Waals surface area contributed by atoms with Crippen molar-refractivity contribution in [3.63, 3.8) is 0 Å². The summed E-state index contributed by atoms with van der Waals surface area (Å²) >= 11 is 0. The van der Waals surface area contributed by atoms with E-state index < -0.39 is 12.4 Å². The molecule has 1 saturated heterocycles. The van der Waals surface area contributed by atoms with Crippen molar-refractivity contribution in [3.05, 3.63) is 125 Å². The number of phenolic OH excluding ortho intramolecular Hbond substituents is 1. The zero-order valence-corrected chi connectivity index (χ0v) is 24.1. The minimum atomic E-state index is -0.751. The first-order valence-electron chi connectivity index (χ1n) is 14.4. The lowest BCUT2D eigenvalue weighted by molar-refractivity contribution is -0.276. The van der Waals surface area contributed by atoms with Gasteiger partial charge in [0.25, 0.3) is 0 Å². The minimum Gasteiger partial charge on any atom is -0.508 e. The lowest BCUT2D eigenvalue weighted by atomic mass is 9.90. The second-order valence-corrected chi connectivity index (χ2v) is 11.1. The normalized spacial score (nSPS) is 21.4. The highest BCUT2D eigenvalue weighted by Gasteiger charge is 2.39. The highest BCUT2D eigenvalue weighted by molar-refractivity contribution is 5.67. The van der Waals surface area contributed by atoms with E-state index in [1.807, 2.05) is 67.7 Å². The van der Waals surface area contributed by atoms with Gasteiger partial charge in [0.1, 0.15) is 5.75 Å². The fraction of sp³-hybridized carbons (Fsp3) is 0.314. The number of hydrogen-bond donors (Lipinski definition) is 4. The van der Waals surface area contributed by atoms with Gasteiger partial charge in [-0.2, -0.15) is 0 Å². The fourth-order valence-electron chi connectivity index (χ4n) is 5.64. The zero-order valence-electron chi connectivity index (χ0n) is 24.1. The van der Waals surface area contributed by atoms with Crippen molar-refractivity contribution >= 4 is 0 Å². The van der Waals surface area contributed by atoms with Crippen molar-refractivity contribution in [2.45, 2.75) is 44.7 Å². The summed E-state index contributed by atoms with van der Waals surface area (Å²) < 4.78 is 13.2. The third-order valence-electron chi connectivity index (χ3n) is 8.09. The number of aromatic hydroxyl groups is 1. The van der Waals surface area contributed by atoms with Crippen molar-refractivity contribution in [1.29, 1.82) is 0 Å². The van der Waals surface area contributed by atoms with E-state index in [2.05, 4.69) is 30.0 Å². The van der Waals surface area contributed by atoms with Crippen LogP contribution in [0.1, 0.15) is 53.2 Å². The molecule has 4 aromatic rings. The highest BCUT2D eigenvalue weighted by Crippen LogP contribution is 2.42. The van der Waals surface area contributed by atoms with E-state index in [1.165, 1.54) is 0 Å². The summed E-state index contributed by atoms with van der Waals surface area (Å²) in [6, 6.07) is 31.0. The molecule has 1 heterocycles. The van der Waals surface area contributed by atoms with Crippen molar-refractivity contribution in [1.82, 2.24) is 4.90 Å². The molecule has 0 unspecified atom stereocenters. The summed E-state index contributed by atoms with van der Waals surface area (Å²) in [5.74, 6) is 0.142. The fourth-order valence-corrected chi connectivity index (χ4v) is 5.64. The van der Waals surface area contributed by atoms with Gasteiger partial charge in [-0.3, -0.25) is 0 Å². The Morgan fingerprint density at radius 3 is 2.29 bits per heavy atom. The van der Waals surface area contributed by atoms with Crippen LogP contribution in [0.4, 0.5) is 0 Å². The van der Waals surface area contributed by atoms with Crippen LogP contribution in [-0.2, 0) is 22.6 Å². The molecule has 220 valence electrons. The van der Waals surface area contributed by atoms with Gasteiger partial charge in [-0.05, 0) is 52.6 Å². The van der Waals surface area contributed by atoms with Crippen molar-refractivity contribution in [3.8, 4) is 16.9 Å². The summed E-state index contributed by atoms with van der Waals surface area (Å²) in [4.78, 5) is 2.05. The number of likely N-dealkylation sites (N-methyl/N-ethyl adjacent to an activating group) is 1. The molecule has 0 saturated carbocycles. The molecule has 0 amide bonds. The van der Waals surface area contributed by atoms with Crippen LogP contribution in [0.3, 0.4) is 0 Å². The molecule has 5 atom stereocenters. The van der Waals surface area contributed by atoms with Gasteiger partial charge in [-0.1, -0.05) is 91.9 Å². The predicted octanol–water partition coefficient (Wildman–Crippen LogP) is 5.47. The number of rotatable bonds is 10. The van der Waals surface area contributed by atoms with Crippen LogP contribution < -0.4 is 5.73 Å². The number of nitrogens with zero attached hydrogens (tertiary/aromatic N) is 1. The van der Waals surface area contributed by atoms with E-state index in [-0.39, 0.29) is 30.5 Å². The Kier molecular flexibility index (Phi) is 9.69. The largest absolute Gasteiger partial charge is 0.508 e. The van der Waals surface area contributed by atoms with Crippen LogP contribution >= 0.6 is 0 Å². The van der Waals surface area contributed by atoms with Crippen LogP contribution in [0.5, 0.6) is 5.75 Å². The van der Waals surface area contributed by atoms with E-state index >= 15 is 0 Å². The van der Waals surface area contributed by atoms with Gasteiger partial charge in [0.2, 0.25) is 0 Å². The lowest BCUT2D eigenvalue weighted by Gasteiger charge is -2.42. The van der Waals surface area contributed by atoms with Crippen molar-refractivity contribution in [2.24, 2.45) is 11.7 Å². The average molecular weight is 569 g/mol. The van der Waals surface area contributed by atoms with Gasteiger partial charge in [0, 0.05) is 31.1 Å². The van der Waals surface area contributed by atoms with E-state index in [1.54, 1.807) is 18.2 Å². The van der Waals surface area contributed by atoms with E-state index in [4.69, 9.17) is 15.2 Å². The Morgan fingerprint density at radius 1 is 0.881 bits per heavy atom. The zero-order chi connectivity index (χ0) is 29.6. The Hall–Kier alpha value is -3.56. The van der Waals surface area contributed by atoms with Gasteiger partial charge in [0.15, 0.2) is 6.29 Å². The Balaban J connectivity index is 1.37. The van der Waals surface area contributed by atoms with Crippen LogP contribution in [-0.4, -0.2) is 46.5 Å². The standard InChI is InChI=1S/C35H40N2O5/c1-23-33(21-37(2)20-32(40)28-7-5-8-30(39)18-28)41-35(42-34(23)26-12-10-24(22-38)11-13-26)27-16-14-25(15-17-27)31-9-4-3-6-29(31)19-36/h3-18,23,32-35,38-40H,19-22,36H2,1-2H3/t23-,32-,33+,34+,35+/m1/s1. The SMILES string of the molecule is C[C@@H]1[C@H](CN(C)C[C@@H](O)c2cccc(O)c2)O[C@H](c2ccc(-c3ccccc3CN)cc2)O[C@@H]1c1ccc(CO)cc1. The molecule has 1 aliphatic heterocycles. The van der Waals surface area contributed by atoms with Crippen molar-refractivity contribution < 1.29 is 24.8 Å². The molecule has 5 rings (SSSR count). The molecule has 0 bridgehead atoms. The maximum Gasteiger partial charge on any atom is 0.184 e. The number of ether oxygens (including phenoxy) is 2. The molecule has 7 heteroatoms. The number of nitrogens with two attached hydrogens (primary N) is 1. The van der Waals surface area contributed by atoms with Crippen LogP contribution in [0, 0.1) is 5.92 Å². The monoisotopic (exact) mass is 568 g/mol. The highest BCUT2D eigenvalue weighted by atomic mass is 16.7. The average Bonchev–Trinajstić information content (AvgIpc) is 3.02. The molecular formula is C35H40N2O5. The molecule has 0 radical (unpaired) electrons. The Bertz CT molecular complexity index is 1440. The number of phenols is 1. The molecule has 1 fully saturated rings. The van der Waals surface area contributed by atoms with Gasteiger partial charge in [0.05, 0.1) is 24.9 Å². The second-order valence-electron chi connectivity index (χ2n) is 11.1. The topological polar surface area (TPSA) is 108 Å². The van der Waals surface area contributed by atoms with Crippen molar-refractivity contribution in [2.75, 3.05) is 20.1 Å². The molecule has 7 nitrogen and oxygen atoms in total. The summed E-state index contributed by atoms with van der Waals surface area (Å²) in [6.45, 7) is 3.53. The van der Waals surface area contributed by atoms with Crippen LogP contribution in [0.15, 0.2) is 97.1 Å². The summed E-state index contributed by atoms with van der Waals surface area (Å²) in [5, 5.41) is 30.2. The quantitative estimate of drug-likeness (QED) is 0.201. The van der Waals surface area contributed by atoms with Gasteiger partial charge in [-0.15, -0.1) is 0 Å². The number of benzene rings is 4. The maximum atomic E-state index is 10.8. The van der Waals surface area contributed by atoms with E-state index in [9.17, 15) is 15.3 Å². The molecule has 4 aromatic carbocycles. The third-order valence-corrected chi connectivity index (χ3v) is 8.09. The van der Waals surface area contributed by atoms with Gasteiger partial charge < -0.3 is 35.4 Å².